The molecule has 0 aliphatic carbocycles. The molecule has 0 spiro atoms. The van der Waals surface area contributed by atoms with Gasteiger partial charge in [-0.15, -0.1) is 0 Å². The molecular formula is C21H26F2N6O5S. The number of likely N-dealkylation sites (tertiary alicyclic amines) is 1. The van der Waals surface area contributed by atoms with Crippen molar-refractivity contribution in [1.82, 2.24) is 25.1 Å². The zero-order valence-corrected chi connectivity index (χ0v) is 19.9. The lowest BCUT2D eigenvalue weighted by molar-refractivity contribution is -0.101. The molecule has 1 aliphatic rings. The molecule has 1 aliphatic heterocycles. The molecular weight excluding hydrogens is 486 g/mol. The van der Waals surface area contributed by atoms with E-state index in [1.54, 1.807) is 6.20 Å². The summed E-state index contributed by atoms with van der Waals surface area (Å²) in [6.45, 7) is 1.58. The molecule has 35 heavy (non-hydrogen) atoms. The minimum Gasteiger partial charge on any atom is -0.445 e. The van der Waals surface area contributed by atoms with Crippen molar-refractivity contribution in [3.8, 4) is 0 Å². The molecule has 0 radical (unpaired) electrons. The Kier molecular flexibility index (Phi) is 8.17. The fourth-order valence-corrected chi connectivity index (χ4v) is 3.44. The van der Waals surface area contributed by atoms with Gasteiger partial charge < -0.3 is 15.0 Å². The maximum Gasteiger partial charge on any atom is 0.410 e. The van der Waals surface area contributed by atoms with Crippen LogP contribution in [0.5, 0.6) is 0 Å². The first-order chi connectivity index (χ1) is 16.4. The smallest absolute Gasteiger partial charge is 0.410 e. The van der Waals surface area contributed by atoms with Crippen LogP contribution < -0.4 is 5.32 Å². The van der Waals surface area contributed by atoms with Crippen molar-refractivity contribution in [1.29, 1.82) is 0 Å². The average molecular weight is 513 g/mol. The molecule has 190 valence electrons. The first-order valence-corrected chi connectivity index (χ1v) is 12.4. The van der Waals surface area contributed by atoms with E-state index in [9.17, 15) is 22.0 Å². The van der Waals surface area contributed by atoms with Crippen molar-refractivity contribution < 1.29 is 31.3 Å². The first-order valence-electron chi connectivity index (χ1n) is 10.6. The predicted octanol–water partition coefficient (Wildman–Crippen LogP) is 2.87. The fourth-order valence-electron chi connectivity index (χ4n) is 3.44. The molecule has 3 N–H and O–H groups in total. The lowest BCUT2D eigenvalue weighted by atomic mass is 9.93. The molecule has 3 aromatic rings. The van der Waals surface area contributed by atoms with E-state index in [0.717, 1.165) is 16.0 Å². The Morgan fingerprint density at radius 3 is 2.66 bits per heavy atom. The lowest BCUT2D eigenvalue weighted by Crippen LogP contribution is -2.52. The Morgan fingerprint density at radius 2 is 2.00 bits per heavy atom. The summed E-state index contributed by atoms with van der Waals surface area (Å²) in [6, 6.07) is 7.51. The number of fused-ring (bicyclic) bond motifs is 1. The molecule has 0 bridgehead atoms. The highest BCUT2D eigenvalue weighted by Crippen LogP contribution is 2.33. The van der Waals surface area contributed by atoms with E-state index in [1.807, 2.05) is 31.2 Å². The predicted molar refractivity (Wildman–Crippen MR) is 124 cm³/mol. The monoisotopic (exact) mass is 512 g/mol. The largest absolute Gasteiger partial charge is 0.445 e. The van der Waals surface area contributed by atoms with Crippen LogP contribution >= 0.6 is 0 Å². The van der Waals surface area contributed by atoms with Crippen LogP contribution in [0.15, 0.2) is 36.8 Å². The van der Waals surface area contributed by atoms with Gasteiger partial charge in [-0.2, -0.15) is 13.5 Å². The third kappa shape index (κ3) is 7.82. The van der Waals surface area contributed by atoms with E-state index in [2.05, 4.69) is 25.5 Å². The van der Waals surface area contributed by atoms with Gasteiger partial charge in [0, 0.05) is 19.0 Å². The highest BCUT2D eigenvalue weighted by molar-refractivity contribution is 7.85. The second-order valence-electron chi connectivity index (χ2n) is 8.18. The zero-order chi connectivity index (χ0) is 25.6. The van der Waals surface area contributed by atoms with Crippen LogP contribution in [-0.4, -0.2) is 75.9 Å². The lowest BCUT2D eigenvalue weighted by Gasteiger charge is -2.37. The second kappa shape index (κ2) is 10.9. The number of halogens is 2. The maximum absolute atomic E-state index is 14.7. The Morgan fingerprint density at radius 1 is 1.31 bits per heavy atom. The minimum atomic E-state index is -3.67. The van der Waals surface area contributed by atoms with Crippen LogP contribution in [0, 0.1) is 12.8 Å². The van der Waals surface area contributed by atoms with E-state index in [-0.39, 0.29) is 26.1 Å². The standard InChI is InChI=1S/C20H22F2N6O2.CH4O3S/c1-13-2-4-14(5-3-13)10-30-19(29)28-7-6-15(20(21,22)11-28)8-23-17-16-9-26-27-18(16)25-12-24-17;1-5(2,3)4/h2-5,9,12,15H,6-8,10-11H2,1H3,(H2,23,24,25,26,27);1H3,(H,2,3,4)/t15-;/m1./s1. The van der Waals surface area contributed by atoms with Crippen LogP contribution in [0.2, 0.25) is 0 Å². The van der Waals surface area contributed by atoms with E-state index in [1.165, 1.54) is 6.33 Å². The molecule has 1 amide bonds. The molecule has 4 rings (SSSR count). The molecule has 14 heteroatoms. The number of ether oxygens (including phenoxy) is 1. The normalized spacial score (nSPS) is 17.4. The first kappa shape index (κ1) is 26.2. The number of nitrogens with zero attached hydrogens (tertiary/aromatic N) is 4. The third-order valence-electron chi connectivity index (χ3n) is 5.25. The number of hydrogen-bond acceptors (Lipinski definition) is 8. The number of carbonyl (C=O) groups excluding carboxylic acids is 1. The van der Waals surface area contributed by atoms with Gasteiger partial charge in [0.2, 0.25) is 0 Å². The number of rotatable bonds is 5. The number of aromatic nitrogens is 4. The van der Waals surface area contributed by atoms with Crippen LogP contribution in [0.3, 0.4) is 0 Å². The number of benzene rings is 1. The molecule has 1 fully saturated rings. The highest BCUT2D eigenvalue weighted by atomic mass is 32.2. The average Bonchev–Trinajstić information content (AvgIpc) is 3.25. The number of aromatic amines is 1. The molecule has 1 saturated heterocycles. The second-order valence-corrected chi connectivity index (χ2v) is 9.64. The van der Waals surface area contributed by atoms with Crippen molar-refractivity contribution in [2.75, 3.05) is 31.2 Å². The Labute approximate surface area is 200 Å². The van der Waals surface area contributed by atoms with E-state index in [4.69, 9.17) is 9.29 Å². The molecule has 1 aromatic carbocycles. The highest BCUT2D eigenvalue weighted by Gasteiger charge is 2.46. The SMILES string of the molecule is CS(=O)(=O)O.Cc1ccc(COC(=O)N2CC[C@H](CNc3ncnc4[nH]ncc34)C(F)(F)C2)cc1. The Bertz CT molecular complexity index is 1240. The quantitative estimate of drug-likeness (QED) is 0.438. The van der Waals surface area contributed by atoms with Crippen molar-refractivity contribution in [3.63, 3.8) is 0 Å². The van der Waals surface area contributed by atoms with Gasteiger partial charge in [-0.05, 0) is 18.9 Å². The molecule has 0 unspecified atom stereocenters. The van der Waals surface area contributed by atoms with Gasteiger partial charge in [0.15, 0.2) is 5.65 Å². The van der Waals surface area contributed by atoms with Crippen molar-refractivity contribution in [2.45, 2.75) is 25.9 Å². The summed E-state index contributed by atoms with van der Waals surface area (Å²) in [5.74, 6) is -3.53. The van der Waals surface area contributed by atoms with Crippen LogP contribution in [0.25, 0.3) is 11.0 Å². The number of anilines is 1. The van der Waals surface area contributed by atoms with Crippen LogP contribution in [0.4, 0.5) is 19.4 Å². The van der Waals surface area contributed by atoms with Gasteiger partial charge in [0.25, 0.3) is 16.0 Å². The van der Waals surface area contributed by atoms with E-state index in [0.29, 0.717) is 23.1 Å². The number of H-pyrrole nitrogens is 1. The number of amides is 1. The van der Waals surface area contributed by atoms with E-state index < -0.39 is 34.6 Å². The Hall–Kier alpha value is -3.39. The zero-order valence-electron chi connectivity index (χ0n) is 19.1. The van der Waals surface area contributed by atoms with E-state index >= 15 is 0 Å². The van der Waals surface area contributed by atoms with Crippen LogP contribution in [-0.2, 0) is 21.5 Å². The summed E-state index contributed by atoms with van der Waals surface area (Å²) < 4.78 is 60.5. The van der Waals surface area contributed by atoms with Crippen molar-refractivity contribution in [2.24, 2.45) is 5.92 Å². The summed E-state index contributed by atoms with van der Waals surface area (Å²) in [5, 5.41) is 10.2. The molecule has 1 atom stereocenters. The fraction of sp³-hybridized carbons (Fsp3) is 0.429. The van der Waals surface area contributed by atoms with Gasteiger partial charge in [0.1, 0.15) is 18.8 Å². The van der Waals surface area contributed by atoms with Gasteiger partial charge >= 0.3 is 6.09 Å². The summed E-state index contributed by atoms with van der Waals surface area (Å²) in [6.07, 6.45) is 3.03. The van der Waals surface area contributed by atoms with Gasteiger partial charge in [-0.1, -0.05) is 29.8 Å². The van der Waals surface area contributed by atoms with Gasteiger partial charge in [0.05, 0.1) is 24.4 Å². The summed E-state index contributed by atoms with van der Waals surface area (Å²) in [4.78, 5) is 21.5. The number of piperidine rings is 1. The number of alkyl halides is 2. The summed E-state index contributed by atoms with van der Waals surface area (Å²) in [7, 11) is -3.67. The Balaban J connectivity index is 0.000000623. The molecule has 11 nitrogen and oxygen atoms in total. The third-order valence-corrected chi connectivity index (χ3v) is 5.25. The number of nitrogens with one attached hydrogen (secondary N) is 2. The van der Waals surface area contributed by atoms with Crippen LogP contribution in [0.1, 0.15) is 17.5 Å². The number of hydrogen-bond donors (Lipinski definition) is 3. The topological polar surface area (TPSA) is 150 Å². The van der Waals surface area contributed by atoms with Gasteiger partial charge in [-0.3, -0.25) is 9.65 Å². The van der Waals surface area contributed by atoms with Crippen molar-refractivity contribution >= 4 is 33.1 Å². The summed E-state index contributed by atoms with van der Waals surface area (Å²) in [5.41, 5.74) is 2.44. The number of carbonyl (C=O) groups is 1. The maximum atomic E-state index is 14.7. The summed E-state index contributed by atoms with van der Waals surface area (Å²) >= 11 is 0. The van der Waals surface area contributed by atoms with Crippen molar-refractivity contribution in [3.05, 3.63) is 47.9 Å². The molecule has 0 saturated carbocycles. The minimum absolute atomic E-state index is 0.0244. The number of aryl methyl sites for hydroxylation is 1. The molecule has 3 heterocycles. The van der Waals surface area contributed by atoms with Gasteiger partial charge in [-0.25, -0.2) is 23.5 Å². The molecule has 2 aromatic heterocycles.